The Kier molecular flexibility index (Phi) is 5.65. The topological polar surface area (TPSA) is 68.9 Å². The van der Waals surface area contributed by atoms with Crippen LogP contribution in [-0.2, 0) is 11.3 Å². The van der Waals surface area contributed by atoms with Gasteiger partial charge >= 0.3 is 0 Å². The lowest BCUT2D eigenvalue weighted by molar-refractivity contribution is -0.124. The summed E-state index contributed by atoms with van der Waals surface area (Å²) in [6.45, 7) is 5.93. The maximum atomic E-state index is 13.2. The molecule has 0 saturated carbocycles. The number of aryl methyl sites for hydroxylation is 2. The van der Waals surface area contributed by atoms with Crippen LogP contribution in [-0.4, -0.2) is 20.3 Å². The van der Waals surface area contributed by atoms with Gasteiger partial charge in [0.1, 0.15) is 6.04 Å². The maximum Gasteiger partial charge on any atom is 0.281 e. The third-order valence-corrected chi connectivity index (χ3v) is 6.00. The largest absolute Gasteiger partial charge is 0.350 e. The quantitative estimate of drug-likeness (QED) is 0.508. The number of fused-ring (bicyclic) bond motifs is 1. The number of carbonyl (C=O) groups excluding carboxylic acids is 1. The Morgan fingerprint density at radius 2 is 1.74 bits per heavy atom. The van der Waals surface area contributed by atoms with Gasteiger partial charge < -0.3 is 9.88 Å². The summed E-state index contributed by atoms with van der Waals surface area (Å²) >= 11 is 6.19. The number of hydrogen-bond donors (Lipinski definition) is 1. The van der Waals surface area contributed by atoms with E-state index in [0.717, 1.165) is 22.3 Å². The highest BCUT2D eigenvalue weighted by atomic mass is 35.5. The highest BCUT2D eigenvalue weighted by molar-refractivity contribution is 6.31. The first kappa shape index (κ1) is 20.9. The molecule has 158 valence electrons. The molecule has 0 aliphatic heterocycles. The van der Waals surface area contributed by atoms with Gasteiger partial charge in [-0.05, 0) is 44.5 Å². The number of aromatic nitrogens is 3. The van der Waals surface area contributed by atoms with E-state index in [4.69, 9.17) is 11.6 Å². The normalized spacial score (nSPS) is 12.1. The van der Waals surface area contributed by atoms with E-state index in [0.29, 0.717) is 22.6 Å². The van der Waals surface area contributed by atoms with Crippen molar-refractivity contribution in [3.63, 3.8) is 0 Å². The average molecular weight is 435 g/mol. The fourth-order valence-electron chi connectivity index (χ4n) is 4.00. The molecule has 1 N–H and O–H groups in total. The fourth-order valence-corrected chi connectivity index (χ4v) is 4.20. The van der Waals surface area contributed by atoms with Gasteiger partial charge in [0, 0.05) is 28.3 Å². The van der Waals surface area contributed by atoms with Crippen molar-refractivity contribution in [2.75, 3.05) is 0 Å². The van der Waals surface area contributed by atoms with Crippen LogP contribution in [0.1, 0.15) is 29.9 Å². The predicted octanol–water partition coefficient (Wildman–Crippen LogP) is 4.33. The zero-order valence-electron chi connectivity index (χ0n) is 17.6. The van der Waals surface area contributed by atoms with Crippen molar-refractivity contribution in [2.24, 2.45) is 0 Å². The van der Waals surface area contributed by atoms with Gasteiger partial charge in [0.2, 0.25) is 5.91 Å². The van der Waals surface area contributed by atoms with E-state index >= 15 is 0 Å². The zero-order chi connectivity index (χ0) is 22.1. The molecule has 0 saturated heterocycles. The first-order valence-electron chi connectivity index (χ1n) is 10.1. The molecule has 6 nitrogen and oxygen atoms in total. The van der Waals surface area contributed by atoms with Crippen LogP contribution in [0.25, 0.3) is 16.5 Å². The average Bonchev–Trinajstić information content (AvgIpc) is 3.04. The summed E-state index contributed by atoms with van der Waals surface area (Å²) in [5.41, 5.74) is 2.92. The summed E-state index contributed by atoms with van der Waals surface area (Å²) in [6, 6.07) is 16.2. The molecule has 0 bridgehead atoms. The van der Waals surface area contributed by atoms with Crippen LogP contribution in [0.5, 0.6) is 0 Å². The number of amides is 1. The van der Waals surface area contributed by atoms with E-state index in [-0.39, 0.29) is 11.5 Å². The Morgan fingerprint density at radius 3 is 2.45 bits per heavy atom. The minimum Gasteiger partial charge on any atom is -0.350 e. The van der Waals surface area contributed by atoms with E-state index in [9.17, 15) is 9.59 Å². The molecule has 1 atom stereocenters. The first-order chi connectivity index (χ1) is 14.9. The molecule has 2 aromatic heterocycles. The molecular formula is C24H23ClN4O2. The summed E-state index contributed by atoms with van der Waals surface area (Å²) in [5.74, 6) is -0.150. The molecule has 31 heavy (non-hydrogen) atoms. The van der Waals surface area contributed by atoms with Gasteiger partial charge in [-0.25, -0.2) is 0 Å². The Hall–Kier alpha value is -3.38. The van der Waals surface area contributed by atoms with Gasteiger partial charge in [0.05, 0.1) is 17.3 Å². The number of benzene rings is 2. The van der Waals surface area contributed by atoms with Crippen LogP contribution >= 0.6 is 11.6 Å². The minimum atomic E-state index is -0.500. The van der Waals surface area contributed by atoms with Gasteiger partial charge in [0.25, 0.3) is 5.56 Å². The van der Waals surface area contributed by atoms with Crippen molar-refractivity contribution in [2.45, 2.75) is 33.4 Å². The van der Waals surface area contributed by atoms with E-state index < -0.39 is 6.04 Å². The first-order valence-corrected chi connectivity index (χ1v) is 10.4. The van der Waals surface area contributed by atoms with Gasteiger partial charge in [-0.15, -0.1) is 0 Å². The Morgan fingerprint density at radius 1 is 1.06 bits per heavy atom. The number of halogens is 1. The highest BCUT2D eigenvalue weighted by Crippen LogP contribution is 2.26. The molecule has 0 aliphatic carbocycles. The van der Waals surface area contributed by atoms with Crippen LogP contribution < -0.4 is 10.9 Å². The number of rotatable bonds is 5. The molecule has 0 spiro atoms. The molecule has 2 aromatic carbocycles. The van der Waals surface area contributed by atoms with Crippen molar-refractivity contribution >= 4 is 28.3 Å². The number of para-hydroxylation sites is 1. The second-order valence-electron chi connectivity index (χ2n) is 7.51. The smallest absolute Gasteiger partial charge is 0.281 e. The summed E-state index contributed by atoms with van der Waals surface area (Å²) in [5, 5.41) is 9.24. The molecule has 0 aliphatic rings. The van der Waals surface area contributed by atoms with Crippen LogP contribution in [0.2, 0.25) is 5.02 Å². The van der Waals surface area contributed by atoms with Crippen LogP contribution in [0.4, 0.5) is 0 Å². The van der Waals surface area contributed by atoms with E-state index in [2.05, 4.69) is 10.4 Å². The lowest BCUT2D eigenvalue weighted by Crippen LogP contribution is -2.31. The molecule has 0 radical (unpaired) electrons. The molecule has 4 aromatic rings. The van der Waals surface area contributed by atoms with Gasteiger partial charge in [0.15, 0.2) is 0 Å². The molecule has 2 heterocycles. The summed E-state index contributed by atoms with van der Waals surface area (Å²) in [6.07, 6.45) is 1.69. The minimum absolute atomic E-state index is 0.150. The summed E-state index contributed by atoms with van der Waals surface area (Å²) < 4.78 is 3.28. The van der Waals surface area contributed by atoms with E-state index in [1.807, 2.05) is 73.9 Å². The molecular weight excluding hydrogens is 412 g/mol. The number of nitrogens with zero attached hydrogens (tertiary/aromatic N) is 3. The molecule has 1 amide bonds. The van der Waals surface area contributed by atoms with Crippen LogP contribution in [0, 0.1) is 13.8 Å². The lowest BCUT2D eigenvalue weighted by atomic mass is 10.2. The zero-order valence-corrected chi connectivity index (χ0v) is 18.3. The third-order valence-electron chi connectivity index (χ3n) is 5.63. The van der Waals surface area contributed by atoms with Gasteiger partial charge in [-0.2, -0.15) is 9.78 Å². The number of carbonyl (C=O) groups is 1. The second kappa shape index (κ2) is 8.40. The van der Waals surface area contributed by atoms with E-state index in [1.54, 1.807) is 12.3 Å². The fraction of sp³-hybridized carbons (Fsp3) is 0.208. The van der Waals surface area contributed by atoms with Crippen LogP contribution in [0.3, 0.4) is 0 Å². The van der Waals surface area contributed by atoms with Crippen molar-refractivity contribution in [1.29, 1.82) is 0 Å². The molecule has 7 heteroatoms. The highest BCUT2D eigenvalue weighted by Gasteiger charge is 2.23. The Balaban J connectivity index is 1.69. The molecule has 4 rings (SSSR count). The van der Waals surface area contributed by atoms with E-state index in [1.165, 1.54) is 4.68 Å². The summed E-state index contributed by atoms with van der Waals surface area (Å²) in [4.78, 5) is 26.1. The number of nitrogens with one attached hydrogen (secondary N) is 1. The van der Waals surface area contributed by atoms with Crippen molar-refractivity contribution in [3.8, 4) is 5.69 Å². The Bertz CT molecular complexity index is 1320. The summed E-state index contributed by atoms with van der Waals surface area (Å²) in [7, 11) is 0. The second-order valence-corrected chi connectivity index (χ2v) is 7.92. The van der Waals surface area contributed by atoms with Crippen molar-refractivity contribution in [3.05, 3.63) is 93.1 Å². The lowest BCUT2D eigenvalue weighted by Gasteiger charge is -2.18. The predicted molar refractivity (Wildman–Crippen MR) is 123 cm³/mol. The standard InChI is InChI=1S/C24H23ClN4O2/c1-15-20-14-27-29(19-10-5-4-6-11-19)24(31)22(20)16(2)28(15)17(3)23(30)26-13-18-9-7-8-12-21(18)25/h4-12,14,17H,13H2,1-3H3,(H,26,30). The van der Waals surface area contributed by atoms with Crippen molar-refractivity contribution < 1.29 is 4.79 Å². The maximum absolute atomic E-state index is 13.2. The monoisotopic (exact) mass is 434 g/mol. The van der Waals surface area contributed by atoms with Crippen LogP contribution in [0.15, 0.2) is 65.6 Å². The molecule has 0 fully saturated rings. The van der Waals surface area contributed by atoms with Gasteiger partial charge in [-0.1, -0.05) is 48.0 Å². The van der Waals surface area contributed by atoms with Crippen molar-refractivity contribution in [1.82, 2.24) is 19.7 Å². The third kappa shape index (κ3) is 3.75. The SMILES string of the molecule is Cc1c2cnn(-c3ccccc3)c(=O)c2c(C)n1C(C)C(=O)NCc1ccccc1Cl. The molecule has 1 unspecified atom stereocenters. The number of hydrogen-bond acceptors (Lipinski definition) is 3. The van der Waals surface area contributed by atoms with Gasteiger partial charge in [-0.3, -0.25) is 9.59 Å². The Labute approximate surface area is 185 Å².